The van der Waals surface area contributed by atoms with E-state index in [0.717, 1.165) is 27.1 Å². The number of hydrogen-bond donors (Lipinski definition) is 3. The Balaban J connectivity index is 1.63. The molecule has 140 valence electrons. The summed E-state index contributed by atoms with van der Waals surface area (Å²) < 4.78 is 0.993. The molecule has 5 heteroatoms. The number of aromatic nitrogens is 2. The summed E-state index contributed by atoms with van der Waals surface area (Å²) in [5.74, 6) is 0.0899. The fraction of sp³-hybridized carbons (Fsp3) is 0.0870. The Labute approximate surface area is 172 Å². The lowest BCUT2D eigenvalue weighted by Gasteiger charge is -2.15. The number of oxime groups is 1. The number of nitrogens with zero attached hydrogens (tertiary/aromatic N) is 1. The van der Waals surface area contributed by atoms with Gasteiger partial charge in [-0.15, -0.1) is 0 Å². The highest BCUT2D eigenvalue weighted by molar-refractivity contribution is 9.10. The van der Waals surface area contributed by atoms with Crippen LogP contribution >= 0.6 is 15.9 Å². The number of rotatable bonds is 6. The van der Waals surface area contributed by atoms with Crippen molar-refractivity contribution in [3.63, 3.8) is 0 Å². The van der Waals surface area contributed by atoms with E-state index in [9.17, 15) is 5.21 Å². The van der Waals surface area contributed by atoms with Crippen LogP contribution in [0.5, 0.6) is 0 Å². The van der Waals surface area contributed by atoms with E-state index in [4.69, 9.17) is 0 Å². The van der Waals surface area contributed by atoms with Gasteiger partial charge in [0.05, 0.1) is 11.6 Å². The molecule has 0 spiro atoms. The van der Waals surface area contributed by atoms with Crippen LogP contribution in [0.2, 0.25) is 0 Å². The Morgan fingerprint density at radius 3 is 2.36 bits per heavy atom. The van der Waals surface area contributed by atoms with Crippen LogP contribution in [-0.2, 0) is 6.42 Å². The second-order valence-electron chi connectivity index (χ2n) is 6.64. The first-order valence-electron chi connectivity index (χ1n) is 9.07. The van der Waals surface area contributed by atoms with Crippen molar-refractivity contribution in [1.82, 2.24) is 9.97 Å². The molecule has 2 heterocycles. The van der Waals surface area contributed by atoms with Crippen LogP contribution in [0.15, 0.2) is 94.7 Å². The molecule has 0 fully saturated rings. The largest absolute Gasteiger partial charge is 0.411 e. The molecule has 0 saturated carbocycles. The third kappa shape index (κ3) is 3.94. The molecule has 2 aromatic heterocycles. The third-order valence-electron chi connectivity index (χ3n) is 4.80. The van der Waals surface area contributed by atoms with Crippen LogP contribution < -0.4 is 0 Å². The van der Waals surface area contributed by atoms with Gasteiger partial charge in [-0.3, -0.25) is 0 Å². The summed E-state index contributed by atoms with van der Waals surface area (Å²) in [4.78, 5) is 6.86. The Kier molecular flexibility index (Phi) is 5.44. The molecule has 3 N–H and O–H groups in total. The van der Waals surface area contributed by atoms with Gasteiger partial charge >= 0.3 is 0 Å². The molecular weight excluding hydrogens is 414 g/mol. The lowest BCUT2D eigenvalue weighted by molar-refractivity contribution is 0.318. The van der Waals surface area contributed by atoms with E-state index < -0.39 is 0 Å². The number of aromatic amines is 2. The monoisotopic (exact) mass is 433 g/mol. The maximum atomic E-state index is 9.51. The van der Waals surface area contributed by atoms with Gasteiger partial charge in [-0.1, -0.05) is 63.6 Å². The average Bonchev–Trinajstić information content (AvgIpc) is 3.41. The number of halogens is 1. The van der Waals surface area contributed by atoms with Crippen LogP contribution in [0.4, 0.5) is 0 Å². The molecular formula is C23H20BrN3O. The van der Waals surface area contributed by atoms with Gasteiger partial charge in [0, 0.05) is 34.2 Å². The van der Waals surface area contributed by atoms with E-state index in [1.807, 2.05) is 42.6 Å². The van der Waals surface area contributed by atoms with Gasteiger partial charge in [0.2, 0.25) is 0 Å². The smallest absolute Gasteiger partial charge is 0.0926 e. The SMILES string of the molecule is O/N=C(\Cc1ccc(C(c2ccccc2)c2ccc[nH]2)[nH]1)c1ccc(Br)cc1. The molecule has 0 bridgehead atoms. The zero-order valence-corrected chi connectivity index (χ0v) is 16.7. The van der Waals surface area contributed by atoms with Crippen molar-refractivity contribution in [2.24, 2.45) is 5.16 Å². The van der Waals surface area contributed by atoms with Crippen molar-refractivity contribution in [1.29, 1.82) is 0 Å². The standard InChI is InChI=1S/C23H20BrN3O/c24-18-10-8-16(9-11-18)22(27-28)15-19-12-13-21(26-19)23(20-7-4-14-25-20)17-5-2-1-3-6-17/h1-14,23,25-26,28H,15H2/b27-22+. The first-order valence-corrected chi connectivity index (χ1v) is 9.87. The minimum absolute atomic E-state index is 0.0899. The van der Waals surface area contributed by atoms with E-state index in [-0.39, 0.29) is 5.92 Å². The van der Waals surface area contributed by atoms with Gasteiger partial charge in [0.15, 0.2) is 0 Å². The van der Waals surface area contributed by atoms with Gasteiger partial charge in [0.25, 0.3) is 0 Å². The summed E-state index contributed by atoms with van der Waals surface area (Å²) in [6, 6.07) is 26.4. The summed E-state index contributed by atoms with van der Waals surface area (Å²) in [5.41, 5.74) is 5.95. The molecule has 28 heavy (non-hydrogen) atoms. The highest BCUT2D eigenvalue weighted by atomic mass is 79.9. The van der Waals surface area contributed by atoms with E-state index in [1.54, 1.807) is 0 Å². The average molecular weight is 434 g/mol. The van der Waals surface area contributed by atoms with Crippen molar-refractivity contribution in [3.05, 3.63) is 118 Å². The maximum Gasteiger partial charge on any atom is 0.0926 e. The Bertz CT molecular complexity index is 1050. The first-order chi connectivity index (χ1) is 13.7. The fourth-order valence-corrected chi connectivity index (χ4v) is 3.71. The normalized spacial score (nSPS) is 12.8. The van der Waals surface area contributed by atoms with Gasteiger partial charge in [0.1, 0.15) is 0 Å². The topological polar surface area (TPSA) is 64.2 Å². The van der Waals surface area contributed by atoms with E-state index >= 15 is 0 Å². The molecule has 0 amide bonds. The van der Waals surface area contributed by atoms with Crippen molar-refractivity contribution < 1.29 is 5.21 Å². The van der Waals surface area contributed by atoms with Crippen molar-refractivity contribution >= 4 is 21.6 Å². The highest BCUT2D eigenvalue weighted by Gasteiger charge is 2.19. The summed E-state index contributed by atoms with van der Waals surface area (Å²) in [7, 11) is 0. The fourth-order valence-electron chi connectivity index (χ4n) is 3.44. The van der Waals surface area contributed by atoms with Crippen LogP contribution in [0.3, 0.4) is 0 Å². The maximum absolute atomic E-state index is 9.51. The van der Waals surface area contributed by atoms with Gasteiger partial charge in [-0.25, -0.2) is 0 Å². The third-order valence-corrected chi connectivity index (χ3v) is 5.33. The van der Waals surface area contributed by atoms with Crippen molar-refractivity contribution in [3.8, 4) is 0 Å². The van der Waals surface area contributed by atoms with Crippen LogP contribution in [0.1, 0.15) is 34.1 Å². The number of nitrogens with one attached hydrogen (secondary N) is 2. The van der Waals surface area contributed by atoms with Crippen LogP contribution in [0, 0.1) is 0 Å². The zero-order chi connectivity index (χ0) is 19.3. The number of benzene rings is 2. The van der Waals surface area contributed by atoms with E-state index in [2.05, 4.69) is 73.5 Å². The quantitative estimate of drug-likeness (QED) is 0.203. The molecule has 4 rings (SSSR count). The molecule has 0 aliphatic carbocycles. The van der Waals surface area contributed by atoms with Crippen LogP contribution in [-0.4, -0.2) is 20.9 Å². The summed E-state index contributed by atoms with van der Waals surface area (Å²) in [6.07, 6.45) is 2.46. The molecule has 0 aliphatic heterocycles. The first kappa shape index (κ1) is 18.3. The highest BCUT2D eigenvalue weighted by Crippen LogP contribution is 2.30. The molecule has 0 saturated heterocycles. The summed E-state index contributed by atoms with van der Waals surface area (Å²) >= 11 is 3.43. The summed E-state index contributed by atoms with van der Waals surface area (Å²) in [6.45, 7) is 0. The van der Waals surface area contributed by atoms with Crippen molar-refractivity contribution in [2.45, 2.75) is 12.3 Å². The molecule has 0 radical (unpaired) electrons. The second kappa shape index (κ2) is 8.31. The Morgan fingerprint density at radius 1 is 0.893 bits per heavy atom. The molecule has 0 aliphatic rings. The molecule has 2 aromatic carbocycles. The molecule has 1 unspecified atom stereocenters. The summed E-state index contributed by atoms with van der Waals surface area (Å²) in [5, 5.41) is 13.0. The molecule has 4 nitrogen and oxygen atoms in total. The predicted octanol–water partition coefficient (Wildman–Crippen LogP) is 5.71. The lowest BCUT2D eigenvalue weighted by Crippen LogP contribution is -2.07. The van der Waals surface area contributed by atoms with Crippen LogP contribution in [0.25, 0.3) is 0 Å². The number of H-pyrrole nitrogens is 2. The van der Waals surface area contributed by atoms with Gasteiger partial charge < -0.3 is 15.2 Å². The number of hydrogen-bond acceptors (Lipinski definition) is 2. The minimum Gasteiger partial charge on any atom is -0.411 e. The zero-order valence-electron chi connectivity index (χ0n) is 15.1. The van der Waals surface area contributed by atoms with Gasteiger partial charge in [-0.2, -0.15) is 0 Å². The molecule has 1 atom stereocenters. The van der Waals surface area contributed by atoms with E-state index in [0.29, 0.717) is 12.1 Å². The minimum atomic E-state index is 0.0899. The Morgan fingerprint density at radius 2 is 1.68 bits per heavy atom. The van der Waals surface area contributed by atoms with Crippen molar-refractivity contribution in [2.75, 3.05) is 0 Å². The second-order valence-corrected chi connectivity index (χ2v) is 7.55. The predicted molar refractivity (Wildman–Crippen MR) is 115 cm³/mol. The lowest BCUT2D eigenvalue weighted by atomic mass is 9.93. The van der Waals surface area contributed by atoms with E-state index in [1.165, 1.54) is 5.56 Å². The van der Waals surface area contributed by atoms with Gasteiger partial charge in [-0.05, 0) is 47.5 Å². The Hall–Kier alpha value is -3.05. The molecule has 4 aromatic rings.